The molecule has 6 nitrogen and oxygen atoms in total. The van der Waals surface area contributed by atoms with Crippen LogP contribution in [0.3, 0.4) is 0 Å². The molecule has 23 heavy (non-hydrogen) atoms. The van der Waals surface area contributed by atoms with E-state index in [0.29, 0.717) is 10.5 Å². The van der Waals surface area contributed by atoms with E-state index in [-0.39, 0.29) is 23.4 Å². The molecule has 0 aliphatic carbocycles. The molecule has 0 atom stereocenters. The summed E-state index contributed by atoms with van der Waals surface area (Å²) in [5, 5.41) is 21.5. The number of methoxy groups -OCH3 is 2. The molecule has 0 radical (unpaired) electrons. The minimum atomic E-state index is -1.18. The average molecular weight is 315 g/mol. The summed E-state index contributed by atoms with van der Waals surface area (Å²) in [4.78, 5) is 11.5. The average Bonchev–Trinajstić information content (AvgIpc) is 2.54. The van der Waals surface area contributed by atoms with Gasteiger partial charge in [-0.15, -0.1) is 0 Å². The Labute approximate surface area is 133 Å². The third kappa shape index (κ3) is 4.00. The number of hydrogen-bond acceptors (Lipinski definition) is 4. The molecule has 0 bridgehead atoms. The maximum absolute atomic E-state index is 12.1. The third-order valence-electron chi connectivity index (χ3n) is 3.24. The molecule has 0 amide bonds. The van der Waals surface area contributed by atoms with Crippen molar-refractivity contribution in [2.75, 3.05) is 14.2 Å². The molecule has 0 aromatic heterocycles. The van der Waals surface area contributed by atoms with Gasteiger partial charge in [0.2, 0.25) is 0 Å². The summed E-state index contributed by atoms with van der Waals surface area (Å²) < 4.78 is 10.9. The lowest BCUT2D eigenvalue weighted by Gasteiger charge is -2.11. The number of hydroxylamine groups is 1. The van der Waals surface area contributed by atoms with Crippen molar-refractivity contribution in [3.8, 4) is 11.5 Å². The number of carboxylic acid groups (broad SMARTS) is 1. The quantitative estimate of drug-likeness (QED) is 0.383. The van der Waals surface area contributed by atoms with E-state index in [1.807, 2.05) is 30.3 Å². The first-order valence-electron chi connectivity index (χ1n) is 6.87. The molecule has 0 aliphatic heterocycles. The normalized spacial score (nSPS) is 11.1. The van der Waals surface area contributed by atoms with Gasteiger partial charge in [0.1, 0.15) is 17.1 Å². The molecule has 0 aliphatic rings. The number of nitrogens with zero attached hydrogens (tertiary/aromatic N) is 1. The zero-order chi connectivity index (χ0) is 16.8. The van der Waals surface area contributed by atoms with Crippen LogP contribution in [0.2, 0.25) is 0 Å². The van der Waals surface area contributed by atoms with Crippen molar-refractivity contribution >= 4 is 12.2 Å². The van der Waals surface area contributed by atoms with Gasteiger partial charge in [0, 0.05) is 11.6 Å². The topological polar surface area (TPSA) is 81.8 Å². The fourth-order valence-electron chi connectivity index (χ4n) is 2.18. The molecule has 1 N–H and O–H groups in total. The van der Waals surface area contributed by atoms with Crippen LogP contribution in [0.5, 0.6) is 11.5 Å². The van der Waals surface area contributed by atoms with Gasteiger partial charge >= 0.3 is 5.97 Å². The van der Waals surface area contributed by atoms with Crippen LogP contribution in [0, 0.1) is 5.21 Å². The van der Waals surface area contributed by atoms with Crippen molar-refractivity contribution in [1.82, 2.24) is 0 Å². The number of carbonyl (C=O) groups is 1. The Hall–Kier alpha value is -3.02. The molecular weight excluding hydrogens is 298 g/mol. The lowest BCUT2D eigenvalue weighted by molar-refractivity contribution is -0.469. The van der Waals surface area contributed by atoms with E-state index < -0.39 is 5.97 Å². The van der Waals surface area contributed by atoms with Crippen LogP contribution >= 0.6 is 0 Å². The molecule has 0 saturated heterocycles. The fraction of sp³-hybridized carbons (Fsp3) is 0.176. The first kappa shape index (κ1) is 16.4. The number of ether oxygens (including phenoxy) is 2. The van der Waals surface area contributed by atoms with Gasteiger partial charge in [0.25, 0.3) is 0 Å². The van der Waals surface area contributed by atoms with Crippen LogP contribution in [-0.2, 0) is 6.54 Å². The molecule has 0 unspecified atom stereocenters. The van der Waals surface area contributed by atoms with E-state index >= 15 is 0 Å². The van der Waals surface area contributed by atoms with Crippen LogP contribution < -0.4 is 9.47 Å². The zero-order valence-corrected chi connectivity index (χ0v) is 12.9. The summed E-state index contributed by atoms with van der Waals surface area (Å²) in [6.45, 7) is 0.111. The Kier molecular flexibility index (Phi) is 5.19. The summed E-state index contributed by atoms with van der Waals surface area (Å²) in [6.07, 6.45) is 1.22. The van der Waals surface area contributed by atoms with Gasteiger partial charge in [-0.1, -0.05) is 30.3 Å². The minimum absolute atomic E-state index is 0.0813. The van der Waals surface area contributed by atoms with Crippen LogP contribution in [0.15, 0.2) is 42.5 Å². The van der Waals surface area contributed by atoms with E-state index in [0.717, 1.165) is 5.56 Å². The van der Waals surface area contributed by atoms with Crippen molar-refractivity contribution in [2.45, 2.75) is 6.54 Å². The minimum Gasteiger partial charge on any atom is -0.624 e. The van der Waals surface area contributed by atoms with Crippen molar-refractivity contribution in [2.24, 2.45) is 0 Å². The van der Waals surface area contributed by atoms with Crippen LogP contribution in [0.4, 0.5) is 0 Å². The van der Waals surface area contributed by atoms with E-state index in [1.54, 1.807) is 0 Å². The molecule has 2 aromatic carbocycles. The number of aromatic carboxylic acids is 1. The highest BCUT2D eigenvalue weighted by Crippen LogP contribution is 2.28. The molecule has 0 heterocycles. The molecular formula is C17H17NO5. The summed E-state index contributed by atoms with van der Waals surface area (Å²) in [7, 11) is 2.82. The summed E-state index contributed by atoms with van der Waals surface area (Å²) >= 11 is 0. The maximum Gasteiger partial charge on any atom is 0.340 e. The van der Waals surface area contributed by atoms with E-state index in [2.05, 4.69) is 0 Å². The van der Waals surface area contributed by atoms with Crippen molar-refractivity contribution < 1.29 is 24.1 Å². The first-order chi connectivity index (χ1) is 11.0. The Morgan fingerprint density at radius 2 is 1.91 bits per heavy atom. The number of rotatable bonds is 6. The molecule has 0 spiro atoms. The van der Waals surface area contributed by atoms with Crippen molar-refractivity contribution in [1.29, 1.82) is 0 Å². The summed E-state index contributed by atoms with van der Waals surface area (Å²) in [6, 6.07) is 12.1. The first-order valence-corrected chi connectivity index (χ1v) is 6.87. The van der Waals surface area contributed by atoms with Crippen molar-refractivity contribution in [3.63, 3.8) is 0 Å². The molecule has 2 aromatic rings. The van der Waals surface area contributed by atoms with E-state index in [1.165, 1.54) is 32.6 Å². The Balaban J connectivity index is 2.44. The Bertz CT molecular complexity index is 725. The zero-order valence-electron chi connectivity index (χ0n) is 12.9. The Morgan fingerprint density at radius 3 is 2.48 bits per heavy atom. The lowest BCUT2D eigenvalue weighted by Crippen LogP contribution is -2.11. The second-order valence-corrected chi connectivity index (χ2v) is 4.79. The van der Waals surface area contributed by atoms with Gasteiger partial charge in [-0.2, -0.15) is 0 Å². The lowest BCUT2D eigenvalue weighted by atomic mass is 10.1. The van der Waals surface area contributed by atoms with Crippen LogP contribution in [0.1, 0.15) is 21.5 Å². The summed E-state index contributed by atoms with van der Waals surface area (Å²) in [5.41, 5.74) is 0.965. The van der Waals surface area contributed by atoms with Gasteiger partial charge in [0.15, 0.2) is 12.8 Å². The number of carboxylic acids is 1. The number of benzene rings is 2. The predicted molar refractivity (Wildman–Crippen MR) is 85.4 cm³/mol. The van der Waals surface area contributed by atoms with Gasteiger partial charge in [-0.3, -0.25) is 0 Å². The molecule has 2 rings (SSSR count). The highest BCUT2D eigenvalue weighted by atomic mass is 16.5. The third-order valence-corrected chi connectivity index (χ3v) is 3.24. The number of hydrogen-bond donors (Lipinski definition) is 1. The largest absolute Gasteiger partial charge is 0.624 e. The molecule has 6 heteroatoms. The van der Waals surface area contributed by atoms with E-state index in [9.17, 15) is 15.1 Å². The van der Waals surface area contributed by atoms with E-state index in [4.69, 9.17) is 9.47 Å². The van der Waals surface area contributed by atoms with Crippen LogP contribution in [-0.4, -0.2) is 36.2 Å². The monoisotopic (exact) mass is 315 g/mol. The maximum atomic E-state index is 12.1. The van der Waals surface area contributed by atoms with Gasteiger partial charge in [-0.25, -0.2) is 9.53 Å². The van der Waals surface area contributed by atoms with Gasteiger partial charge in [0.05, 0.1) is 19.8 Å². The predicted octanol–water partition coefficient (Wildman–Crippen LogP) is 2.53. The standard InChI is InChI=1S/C17H17NO5/c1-22-14-8-13(16(17(19)20)15(9-14)23-2)11-18(21)10-12-6-4-3-5-7-12/h3-9,11H,10H2,1-2H3,(H,19,20)/b18-11-. The SMILES string of the molecule is COc1cc(/C=[N+](\[O-])Cc2ccccc2)c(C(=O)O)c(OC)c1. The van der Waals surface area contributed by atoms with Crippen molar-refractivity contribution in [3.05, 3.63) is 64.4 Å². The van der Waals surface area contributed by atoms with Gasteiger partial charge < -0.3 is 19.8 Å². The summed E-state index contributed by atoms with van der Waals surface area (Å²) in [5.74, 6) is -0.633. The highest BCUT2D eigenvalue weighted by Gasteiger charge is 2.19. The van der Waals surface area contributed by atoms with Gasteiger partial charge in [-0.05, 0) is 6.07 Å². The molecule has 0 saturated carbocycles. The molecule has 120 valence electrons. The Morgan fingerprint density at radius 1 is 1.22 bits per heavy atom. The molecule has 0 fully saturated rings. The second kappa shape index (κ2) is 7.31. The van der Waals surface area contributed by atoms with Crippen LogP contribution in [0.25, 0.3) is 0 Å². The highest BCUT2D eigenvalue weighted by molar-refractivity contribution is 6.00. The fourth-order valence-corrected chi connectivity index (χ4v) is 2.18. The smallest absolute Gasteiger partial charge is 0.340 e. The second-order valence-electron chi connectivity index (χ2n) is 4.79.